The monoisotopic (exact) mass is 582 g/mol. The van der Waals surface area contributed by atoms with E-state index in [-0.39, 0.29) is 30.6 Å². The average molecular weight is 583 g/mol. The van der Waals surface area contributed by atoms with Gasteiger partial charge in [-0.15, -0.1) is 0 Å². The van der Waals surface area contributed by atoms with Gasteiger partial charge in [0.25, 0.3) is 0 Å². The lowest BCUT2D eigenvalue weighted by Gasteiger charge is -2.38. The number of hydrogen-bond acceptors (Lipinski definition) is 7. The highest BCUT2D eigenvalue weighted by Gasteiger charge is 2.66. The van der Waals surface area contributed by atoms with Gasteiger partial charge in [0.05, 0.1) is 11.2 Å². The minimum Gasteiger partial charge on any atom is -0.480 e. The van der Waals surface area contributed by atoms with E-state index in [1.165, 1.54) is 0 Å². The van der Waals surface area contributed by atoms with Gasteiger partial charge in [0.1, 0.15) is 18.4 Å². The number of carboxylic acids is 1. The van der Waals surface area contributed by atoms with Crippen LogP contribution in [-0.2, 0) is 24.3 Å². The molecule has 0 aromatic heterocycles. The number of sulfonamides is 1. The topological polar surface area (TPSA) is 144 Å². The maximum absolute atomic E-state index is 14.1. The van der Waals surface area contributed by atoms with E-state index in [4.69, 9.17) is 10.5 Å². The molecule has 3 aliphatic rings. The summed E-state index contributed by atoms with van der Waals surface area (Å²) < 4.78 is 34.3. The second-order valence-electron chi connectivity index (χ2n) is 12.2. The predicted octanol–water partition coefficient (Wildman–Crippen LogP) is 4.54. The maximum Gasteiger partial charge on any atom is 0.424 e. The van der Waals surface area contributed by atoms with Crippen LogP contribution in [0.15, 0.2) is 48.5 Å². The van der Waals surface area contributed by atoms with Gasteiger partial charge in [-0.1, -0.05) is 62.4 Å². The molecular formula is C31H38N2O7S. The number of aliphatic carboxylic acids is 1. The van der Waals surface area contributed by atoms with E-state index in [9.17, 15) is 27.9 Å². The second kappa shape index (κ2) is 10.9. The van der Waals surface area contributed by atoms with Gasteiger partial charge in [-0.25, -0.2) is 18.0 Å². The van der Waals surface area contributed by atoms with Crippen LogP contribution in [-0.4, -0.2) is 60.6 Å². The highest BCUT2D eigenvalue weighted by Crippen LogP contribution is 2.64. The Morgan fingerprint density at radius 2 is 1.68 bits per heavy atom. The molecule has 3 N–H and O–H groups in total. The van der Waals surface area contributed by atoms with Crippen molar-refractivity contribution in [1.29, 1.82) is 0 Å². The lowest BCUT2D eigenvalue weighted by molar-refractivity contribution is -0.141. The SMILES string of the molecule is CC1(C)C2CCC1(CS(=O)(=O)N(C(=O)OCC1c3ccccc3-c3ccccc31)[C@@H](CCCCN)C(=O)O)C(=O)C2. The van der Waals surface area contributed by atoms with Crippen molar-refractivity contribution >= 4 is 27.9 Å². The molecular weight excluding hydrogens is 544 g/mol. The maximum atomic E-state index is 14.1. The Kier molecular flexibility index (Phi) is 7.76. The number of fused-ring (bicyclic) bond motifs is 5. The first kappa shape index (κ1) is 29.3. The number of carbonyl (C=O) groups is 3. The Morgan fingerprint density at radius 3 is 2.20 bits per heavy atom. The van der Waals surface area contributed by atoms with Crippen LogP contribution in [0.1, 0.15) is 69.4 Å². The van der Waals surface area contributed by atoms with Crippen molar-refractivity contribution in [2.24, 2.45) is 22.5 Å². The molecule has 0 heterocycles. The molecule has 3 atom stereocenters. The van der Waals surface area contributed by atoms with Crippen LogP contribution in [0.2, 0.25) is 0 Å². The van der Waals surface area contributed by atoms with E-state index < -0.39 is 44.7 Å². The molecule has 0 saturated heterocycles. The number of unbranched alkanes of at least 4 members (excludes halogenated alkanes) is 1. The van der Waals surface area contributed by atoms with Crippen molar-refractivity contribution < 1.29 is 32.6 Å². The largest absolute Gasteiger partial charge is 0.480 e. The zero-order chi connectivity index (χ0) is 29.6. The summed E-state index contributed by atoms with van der Waals surface area (Å²) in [5, 5.41) is 10.1. The number of rotatable bonds is 11. The van der Waals surface area contributed by atoms with Crippen molar-refractivity contribution in [1.82, 2.24) is 4.31 Å². The molecule has 2 saturated carbocycles. The van der Waals surface area contributed by atoms with Gasteiger partial charge in [0.2, 0.25) is 10.0 Å². The molecule has 9 nitrogen and oxygen atoms in total. The molecule has 41 heavy (non-hydrogen) atoms. The summed E-state index contributed by atoms with van der Waals surface area (Å²) in [6.45, 7) is 3.94. The molecule has 0 spiro atoms. The number of carboxylic acid groups (broad SMARTS) is 1. The summed E-state index contributed by atoms with van der Waals surface area (Å²) in [6.07, 6.45) is 0.855. The lowest BCUT2D eigenvalue weighted by Crippen LogP contribution is -2.53. The van der Waals surface area contributed by atoms with Crippen molar-refractivity contribution in [3.05, 3.63) is 59.7 Å². The summed E-state index contributed by atoms with van der Waals surface area (Å²) in [7, 11) is -4.58. The molecule has 5 rings (SSSR count). The molecule has 0 radical (unpaired) electrons. The van der Waals surface area contributed by atoms with E-state index in [0.717, 1.165) is 28.7 Å². The predicted molar refractivity (Wildman–Crippen MR) is 154 cm³/mol. The molecule has 2 bridgehead atoms. The Bertz CT molecular complexity index is 1420. The molecule has 1 amide bonds. The molecule has 2 fully saturated rings. The van der Waals surface area contributed by atoms with E-state index in [0.29, 0.717) is 36.5 Å². The highest BCUT2D eigenvalue weighted by atomic mass is 32.2. The summed E-state index contributed by atoms with van der Waals surface area (Å²) in [6, 6.07) is 13.8. The Hall–Kier alpha value is -3.24. The number of hydrogen-bond donors (Lipinski definition) is 2. The lowest BCUT2D eigenvalue weighted by atomic mass is 9.70. The molecule has 2 aromatic rings. The average Bonchev–Trinajstić information content (AvgIpc) is 3.44. The Balaban J connectivity index is 1.46. The first-order valence-corrected chi connectivity index (χ1v) is 15.9. The molecule has 0 aliphatic heterocycles. The number of ether oxygens (including phenoxy) is 1. The minimum absolute atomic E-state index is 0.0629. The summed E-state index contributed by atoms with van der Waals surface area (Å²) in [4.78, 5) is 39.3. The normalized spacial score (nSPS) is 23.2. The number of nitrogens with two attached hydrogens (primary N) is 1. The molecule has 2 aromatic carbocycles. The minimum atomic E-state index is -4.58. The third-order valence-electron chi connectivity index (χ3n) is 9.88. The Labute approximate surface area is 241 Å². The first-order chi connectivity index (χ1) is 19.4. The van der Waals surface area contributed by atoms with Crippen LogP contribution in [0.5, 0.6) is 0 Å². The number of Topliss-reactive ketones (excluding diaryl/α,β-unsaturated/α-hetero) is 1. The third-order valence-corrected chi connectivity index (χ3v) is 11.7. The fourth-order valence-corrected chi connectivity index (χ4v) is 9.71. The van der Waals surface area contributed by atoms with E-state index in [1.807, 2.05) is 62.4 Å². The van der Waals surface area contributed by atoms with E-state index in [1.54, 1.807) is 0 Å². The van der Waals surface area contributed by atoms with E-state index >= 15 is 0 Å². The van der Waals surface area contributed by atoms with Crippen molar-refractivity contribution in [2.45, 2.75) is 64.3 Å². The van der Waals surface area contributed by atoms with E-state index in [2.05, 4.69) is 0 Å². The van der Waals surface area contributed by atoms with Crippen LogP contribution >= 0.6 is 0 Å². The highest BCUT2D eigenvalue weighted by molar-refractivity contribution is 7.89. The second-order valence-corrected chi connectivity index (χ2v) is 14.0. The fourth-order valence-electron chi connectivity index (χ4n) is 7.40. The molecule has 10 heteroatoms. The fraction of sp³-hybridized carbons (Fsp3) is 0.516. The molecule has 220 valence electrons. The first-order valence-electron chi connectivity index (χ1n) is 14.3. The Morgan fingerprint density at radius 1 is 1.07 bits per heavy atom. The standard InChI is InChI=1S/C31H38N2O7S/c1-30(2)20-14-15-31(30,27(34)17-20)19-41(38,39)33(26(28(35)36)13-7-8-16-32)29(37)40-18-25-23-11-5-3-9-21(23)22-10-4-6-12-24(22)25/h3-6,9-12,20,25-26H,7-8,13-19,32H2,1-2H3,(H,35,36)/t20?,26-,31?/m0/s1. The van der Waals surface area contributed by atoms with Crippen molar-refractivity contribution in [3.8, 4) is 11.1 Å². The van der Waals surface area contributed by atoms with Crippen molar-refractivity contribution in [3.63, 3.8) is 0 Å². The van der Waals surface area contributed by atoms with Crippen LogP contribution in [0, 0.1) is 16.7 Å². The van der Waals surface area contributed by atoms with Gasteiger partial charge < -0.3 is 15.6 Å². The molecule has 3 aliphatic carbocycles. The third kappa shape index (κ3) is 4.84. The van der Waals surface area contributed by atoms with Gasteiger partial charge in [-0.3, -0.25) is 4.79 Å². The van der Waals surface area contributed by atoms with Crippen LogP contribution in [0.3, 0.4) is 0 Å². The van der Waals surface area contributed by atoms with Gasteiger partial charge in [0, 0.05) is 12.3 Å². The smallest absolute Gasteiger partial charge is 0.424 e. The number of amides is 1. The van der Waals surface area contributed by atoms with Crippen LogP contribution < -0.4 is 5.73 Å². The van der Waals surface area contributed by atoms with Gasteiger partial charge in [-0.05, 0) is 72.2 Å². The summed E-state index contributed by atoms with van der Waals surface area (Å²) in [5.74, 6) is -2.47. The number of benzene rings is 2. The van der Waals surface area contributed by atoms with Gasteiger partial charge in [0.15, 0.2) is 0 Å². The number of nitrogens with zero attached hydrogens (tertiary/aromatic N) is 1. The van der Waals surface area contributed by atoms with Gasteiger partial charge in [-0.2, -0.15) is 4.31 Å². The summed E-state index contributed by atoms with van der Waals surface area (Å²) in [5.41, 5.74) is 7.76. The van der Waals surface area contributed by atoms with Crippen molar-refractivity contribution in [2.75, 3.05) is 18.9 Å². The number of ketones is 1. The zero-order valence-corrected chi connectivity index (χ0v) is 24.4. The summed E-state index contributed by atoms with van der Waals surface area (Å²) >= 11 is 0. The van der Waals surface area contributed by atoms with Gasteiger partial charge >= 0.3 is 12.1 Å². The molecule has 2 unspecified atom stereocenters. The van der Waals surface area contributed by atoms with Crippen LogP contribution in [0.4, 0.5) is 4.79 Å². The van der Waals surface area contributed by atoms with Crippen LogP contribution in [0.25, 0.3) is 11.1 Å². The zero-order valence-electron chi connectivity index (χ0n) is 23.5. The number of carbonyl (C=O) groups excluding carboxylic acids is 2. The quantitative estimate of drug-likeness (QED) is 0.368.